The molecule has 0 unspecified atom stereocenters. The van der Waals surface area contributed by atoms with Gasteiger partial charge in [0.15, 0.2) is 0 Å². The van der Waals surface area contributed by atoms with E-state index in [9.17, 15) is 13.2 Å². The van der Waals surface area contributed by atoms with Crippen molar-refractivity contribution in [2.24, 2.45) is 5.73 Å². The first-order valence-electron chi connectivity index (χ1n) is 9.89. The van der Waals surface area contributed by atoms with Crippen LogP contribution in [0, 0.1) is 0 Å². The molecule has 0 saturated carbocycles. The normalized spacial score (nSPS) is 11.6. The fourth-order valence-corrected chi connectivity index (χ4v) is 4.75. The molecule has 0 aliphatic heterocycles. The van der Waals surface area contributed by atoms with Crippen molar-refractivity contribution in [2.45, 2.75) is 11.4 Å². The van der Waals surface area contributed by atoms with Crippen molar-refractivity contribution < 1.29 is 13.2 Å². The Morgan fingerprint density at radius 3 is 2.41 bits per heavy atom. The van der Waals surface area contributed by atoms with Gasteiger partial charge in [-0.1, -0.05) is 24.3 Å². The van der Waals surface area contributed by atoms with Crippen LogP contribution >= 0.6 is 0 Å². The number of fused-ring (bicyclic) bond motifs is 1. The molecule has 4 aromatic rings. The summed E-state index contributed by atoms with van der Waals surface area (Å²) in [6.07, 6.45) is 3.33. The summed E-state index contributed by atoms with van der Waals surface area (Å²) in [5, 5.41) is 5.81. The van der Waals surface area contributed by atoms with Crippen LogP contribution in [0.3, 0.4) is 0 Å². The molecule has 4 rings (SSSR count). The Labute approximate surface area is 186 Å². The van der Waals surface area contributed by atoms with Crippen LogP contribution in [0.25, 0.3) is 16.5 Å². The fraction of sp³-hybridized carbons (Fsp3) is 0.130. The molecule has 0 atom stereocenters. The summed E-state index contributed by atoms with van der Waals surface area (Å²) in [6.45, 7) is 0.0888. The van der Waals surface area contributed by atoms with Crippen molar-refractivity contribution in [2.75, 3.05) is 19.0 Å². The van der Waals surface area contributed by atoms with E-state index in [1.807, 2.05) is 43.3 Å². The van der Waals surface area contributed by atoms with E-state index in [4.69, 9.17) is 5.73 Å². The van der Waals surface area contributed by atoms with Crippen LogP contribution in [-0.4, -0.2) is 38.2 Å². The predicted molar refractivity (Wildman–Crippen MR) is 124 cm³/mol. The van der Waals surface area contributed by atoms with Gasteiger partial charge in [0.1, 0.15) is 0 Å². The summed E-state index contributed by atoms with van der Waals surface area (Å²) >= 11 is 0. The van der Waals surface area contributed by atoms with Gasteiger partial charge in [0.2, 0.25) is 15.9 Å². The van der Waals surface area contributed by atoms with Gasteiger partial charge in [0, 0.05) is 54.4 Å². The van der Waals surface area contributed by atoms with Crippen LogP contribution in [0.5, 0.6) is 0 Å². The zero-order chi connectivity index (χ0) is 22.9. The Morgan fingerprint density at radius 1 is 1.03 bits per heavy atom. The number of benzene rings is 3. The van der Waals surface area contributed by atoms with E-state index >= 15 is 0 Å². The van der Waals surface area contributed by atoms with Crippen molar-refractivity contribution in [1.29, 1.82) is 0 Å². The highest BCUT2D eigenvalue weighted by molar-refractivity contribution is 7.89. The summed E-state index contributed by atoms with van der Waals surface area (Å²) < 4.78 is 30.4. The van der Waals surface area contributed by atoms with Gasteiger partial charge in [-0.3, -0.25) is 4.79 Å². The fourth-order valence-electron chi connectivity index (χ4n) is 3.52. The molecule has 3 N–H and O–H groups in total. The molecule has 0 saturated heterocycles. The maximum Gasteiger partial charge on any atom is 0.248 e. The minimum atomic E-state index is -3.75. The Kier molecular flexibility index (Phi) is 5.68. The third-order valence-corrected chi connectivity index (χ3v) is 6.61. The quantitative estimate of drug-likeness (QED) is 0.451. The molecule has 3 aromatic carbocycles. The maximum absolute atomic E-state index is 13.1. The number of sulfonamides is 1. The first-order valence-corrected chi connectivity index (χ1v) is 11.4. The smallest absolute Gasteiger partial charge is 0.248 e. The van der Waals surface area contributed by atoms with Gasteiger partial charge in [-0.05, 0) is 36.4 Å². The molecule has 8 nitrogen and oxygen atoms in total. The highest BCUT2D eigenvalue weighted by Gasteiger charge is 2.18. The van der Waals surface area contributed by atoms with Gasteiger partial charge in [-0.2, -0.15) is 5.10 Å². The van der Waals surface area contributed by atoms with Crippen LogP contribution < -0.4 is 15.4 Å². The lowest BCUT2D eigenvalue weighted by atomic mass is 10.1. The average Bonchev–Trinajstić information content (AvgIpc) is 3.26. The van der Waals surface area contributed by atoms with Gasteiger partial charge in [-0.15, -0.1) is 0 Å². The van der Waals surface area contributed by atoms with Crippen LogP contribution in [0.1, 0.15) is 15.9 Å². The van der Waals surface area contributed by atoms with E-state index in [1.165, 1.54) is 0 Å². The number of amides is 1. The van der Waals surface area contributed by atoms with Gasteiger partial charge in [0.25, 0.3) is 0 Å². The van der Waals surface area contributed by atoms with Crippen molar-refractivity contribution in [1.82, 2.24) is 14.5 Å². The number of nitrogens with two attached hydrogens (primary N) is 1. The van der Waals surface area contributed by atoms with Crippen LogP contribution in [0.4, 0.5) is 5.69 Å². The first-order chi connectivity index (χ1) is 15.3. The SMILES string of the molecule is CN(C)c1cccc2c(S(=O)(=O)NCc3cnn(-c4ccc(C(N)=O)cc4)c3)cccc12. The Bertz CT molecular complexity index is 1390. The number of anilines is 1. The number of aromatic nitrogens is 2. The standard InChI is InChI=1S/C23H23N5O3S/c1-27(2)21-7-3-6-20-19(21)5-4-8-22(20)32(30,31)26-14-16-13-25-28(15-16)18-11-9-17(10-12-18)23(24)29/h3-13,15,26H,14H2,1-2H3,(H2,24,29). The Hall–Kier alpha value is -3.69. The zero-order valence-electron chi connectivity index (χ0n) is 17.7. The van der Waals surface area contributed by atoms with Crippen LogP contribution in [0.2, 0.25) is 0 Å². The lowest BCUT2D eigenvalue weighted by Crippen LogP contribution is -2.23. The summed E-state index contributed by atoms with van der Waals surface area (Å²) in [5.74, 6) is -0.502. The topological polar surface area (TPSA) is 110 Å². The number of nitrogens with zero attached hydrogens (tertiary/aromatic N) is 3. The molecule has 1 amide bonds. The largest absolute Gasteiger partial charge is 0.377 e. The zero-order valence-corrected chi connectivity index (χ0v) is 18.5. The van der Waals surface area contributed by atoms with E-state index in [-0.39, 0.29) is 11.4 Å². The van der Waals surface area contributed by atoms with Gasteiger partial charge >= 0.3 is 0 Å². The second-order valence-electron chi connectivity index (χ2n) is 7.55. The first kappa shape index (κ1) is 21.5. The minimum absolute atomic E-state index is 0.0888. The van der Waals surface area contributed by atoms with Crippen LogP contribution in [0.15, 0.2) is 78.0 Å². The number of hydrogen-bond acceptors (Lipinski definition) is 5. The number of primary amides is 1. The van der Waals surface area contributed by atoms with E-state index in [1.54, 1.807) is 53.5 Å². The average molecular weight is 450 g/mol. The highest BCUT2D eigenvalue weighted by atomic mass is 32.2. The summed E-state index contributed by atoms with van der Waals surface area (Å²) in [6, 6.07) is 17.6. The van der Waals surface area contributed by atoms with Crippen LogP contribution in [-0.2, 0) is 16.6 Å². The van der Waals surface area contributed by atoms with Gasteiger partial charge < -0.3 is 10.6 Å². The second-order valence-corrected chi connectivity index (χ2v) is 9.29. The molecule has 0 aliphatic carbocycles. The molecule has 0 bridgehead atoms. The Balaban J connectivity index is 1.56. The van der Waals surface area contributed by atoms with Gasteiger partial charge in [0.05, 0.1) is 16.8 Å². The third-order valence-electron chi connectivity index (χ3n) is 5.15. The third kappa shape index (κ3) is 4.20. The summed E-state index contributed by atoms with van der Waals surface area (Å²) in [5.41, 5.74) is 8.04. The lowest BCUT2D eigenvalue weighted by molar-refractivity contribution is 0.100. The molecule has 0 fully saturated rings. The molecular formula is C23H23N5O3S. The van der Waals surface area contributed by atoms with E-state index < -0.39 is 15.9 Å². The van der Waals surface area contributed by atoms with Gasteiger partial charge in [-0.25, -0.2) is 17.8 Å². The number of hydrogen-bond donors (Lipinski definition) is 2. The number of carbonyl (C=O) groups is 1. The number of nitrogens with one attached hydrogen (secondary N) is 1. The molecule has 9 heteroatoms. The molecule has 1 heterocycles. The van der Waals surface area contributed by atoms with E-state index in [0.717, 1.165) is 16.8 Å². The lowest BCUT2D eigenvalue weighted by Gasteiger charge is -2.17. The van der Waals surface area contributed by atoms with Crippen molar-refractivity contribution in [3.63, 3.8) is 0 Å². The monoisotopic (exact) mass is 449 g/mol. The minimum Gasteiger partial charge on any atom is -0.377 e. The molecule has 164 valence electrons. The maximum atomic E-state index is 13.1. The molecular weight excluding hydrogens is 426 g/mol. The van der Waals surface area contributed by atoms with Crippen molar-refractivity contribution in [3.8, 4) is 5.69 Å². The molecule has 32 heavy (non-hydrogen) atoms. The number of rotatable bonds is 7. The number of carbonyl (C=O) groups excluding carboxylic acids is 1. The summed E-state index contributed by atoms with van der Waals surface area (Å²) in [7, 11) is 0.0928. The predicted octanol–water partition coefficient (Wildman–Crippen LogP) is 2.67. The van der Waals surface area contributed by atoms with Crippen molar-refractivity contribution in [3.05, 3.63) is 84.2 Å². The van der Waals surface area contributed by atoms with E-state index in [0.29, 0.717) is 16.5 Å². The summed E-state index contributed by atoms with van der Waals surface area (Å²) in [4.78, 5) is 13.4. The Morgan fingerprint density at radius 2 is 1.72 bits per heavy atom. The highest BCUT2D eigenvalue weighted by Crippen LogP contribution is 2.30. The molecule has 0 spiro atoms. The van der Waals surface area contributed by atoms with Crippen molar-refractivity contribution >= 4 is 32.4 Å². The molecule has 0 aliphatic rings. The second kappa shape index (κ2) is 8.45. The molecule has 0 radical (unpaired) electrons. The van der Waals surface area contributed by atoms with E-state index in [2.05, 4.69) is 9.82 Å². The molecule has 1 aromatic heterocycles.